The van der Waals surface area contributed by atoms with E-state index in [0.717, 1.165) is 19.3 Å². The summed E-state index contributed by atoms with van der Waals surface area (Å²) >= 11 is -1.82. The maximum absolute atomic E-state index is 9.87. The van der Waals surface area contributed by atoms with Crippen molar-refractivity contribution in [3.05, 3.63) is 0 Å². The SMILES string of the molecule is CCCCCS(=O)[O-].[Na+]. The fraction of sp³-hybridized carbons (Fsp3) is 1.00. The molecule has 0 aromatic carbocycles. The molecule has 1 atom stereocenters. The minimum atomic E-state index is -1.82. The molecule has 0 heterocycles. The van der Waals surface area contributed by atoms with Gasteiger partial charge in [0, 0.05) is 5.75 Å². The normalized spacial score (nSPS) is 12.2. The van der Waals surface area contributed by atoms with Crippen LogP contribution in [0.3, 0.4) is 0 Å². The third-order valence-electron chi connectivity index (χ3n) is 0.915. The van der Waals surface area contributed by atoms with Crippen molar-refractivity contribution >= 4 is 11.1 Å². The second-order valence-corrected chi connectivity index (χ2v) is 2.73. The molecule has 0 spiro atoms. The first kappa shape index (κ1) is 12.8. The average Bonchev–Trinajstić information content (AvgIpc) is 1.66. The third kappa shape index (κ3) is 12.3. The summed E-state index contributed by atoms with van der Waals surface area (Å²) in [5.74, 6) is 0.327. The molecule has 0 N–H and O–H groups in total. The zero-order valence-electron chi connectivity index (χ0n) is 6.05. The van der Waals surface area contributed by atoms with Gasteiger partial charge in [0.05, 0.1) is 0 Å². The Bertz CT molecular complexity index is 77.4. The van der Waals surface area contributed by atoms with Gasteiger partial charge in [0.1, 0.15) is 0 Å². The molecule has 0 aromatic rings. The summed E-state index contributed by atoms with van der Waals surface area (Å²) in [7, 11) is 0. The Labute approximate surface area is 81.0 Å². The largest absolute Gasteiger partial charge is 1.00 e. The summed E-state index contributed by atoms with van der Waals surface area (Å²) in [5, 5.41) is 0. The smallest absolute Gasteiger partial charge is 0.772 e. The molecule has 0 aliphatic carbocycles. The van der Waals surface area contributed by atoms with E-state index in [-0.39, 0.29) is 29.6 Å². The molecule has 0 bridgehead atoms. The monoisotopic (exact) mass is 158 g/mol. The van der Waals surface area contributed by atoms with Crippen LogP contribution in [0.5, 0.6) is 0 Å². The van der Waals surface area contributed by atoms with E-state index >= 15 is 0 Å². The molecule has 0 saturated carbocycles. The Morgan fingerprint density at radius 1 is 1.44 bits per heavy atom. The minimum Gasteiger partial charge on any atom is -0.772 e. The van der Waals surface area contributed by atoms with Crippen LogP contribution in [0.15, 0.2) is 0 Å². The Morgan fingerprint density at radius 3 is 2.33 bits per heavy atom. The Hall–Kier alpha value is 1.11. The van der Waals surface area contributed by atoms with Crippen molar-refractivity contribution in [1.82, 2.24) is 0 Å². The van der Waals surface area contributed by atoms with Gasteiger partial charge in [-0.1, -0.05) is 30.8 Å². The van der Waals surface area contributed by atoms with Gasteiger partial charge in [-0.15, -0.1) is 0 Å². The van der Waals surface area contributed by atoms with Crippen molar-refractivity contribution in [1.29, 1.82) is 0 Å². The summed E-state index contributed by atoms with van der Waals surface area (Å²) in [6, 6.07) is 0. The minimum absolute atomic E-state index is 0. The van der Waals surface area contributed by atoms with E-state index in [2.05, 4.69) is 0 Å². The van der Waals surface area contributed by atoms with Crippen LogP contribution in [0.2, 0.25) is 0 Å². The Morgan fingerprint density at radius 2 is 2.00 bits per heavy atom. The molecular formula is C5H11NaO2S. The van der Waals surface area contributed by atoms with Gasteiger partial charge in [-0.3, -0.25) is 4.21 Å². The van der Waals surface area contributed by atoms with Crippen molar-refractivity contribution in [3.63, 3.8) is 0 Å². The predicted molar refractivity (Wildman–Crippen MR) is 33.3 cm³/mol. The summed E-state index contributed by atoms with van der Waals surface area (Å²) < 4.78 is 19.7. The zero-order valence-corrected chi connectivity index (χ0v) is 8.87. The van der Waals surface area contributed by atoms with E-state index in [9.17, 15) is 8.76 Å². The Kier molecular flexibility index (Phi) is 12.9. The first-order valence-corrected chi connectivity index (χ1v) is 4.07. The van der Waals surface area contributed by atoms with Gasteiger partial charge >= 0.3 is 29.6 Å². The number of rotatable bonds is 4. The van der Waals surface area contributed by atoms with Gasteiger partial charge < -0.3 is 4.55 Å². The van der Waals surface area contributed by atoms with Crippen LogP contribution in [0, 0.1) is 0 Å². The molecule has 0 aliphatic rings. The van der Waals surface area contributed by atoms with Crippen molar-refractivity contribution in [3.8, 4) is 0 Å². The van der Waals surface area contributed by atoms with Gasteiger partial charge in [-0.05, 0) is 6.42 Å². The maximum atomic E-state index is 9.87. The molecule has 0 aromatic heterocycles. The Balaban J connectivity index is 0. The fourth-order valence-electron chi connectivity index (χ4n) is 0.470. The molecule has 0 fully saturated rings. The summed E-state index contributed by atoms with van der Waals surface area (Å²) in [5.41, 5.74) is 0. The molecule has 0 amide bonds. The van der Waals surface area contributed by atoms with E-state index < -0.39 is 11.1 Å². The van der Waals surface area contributed by atoms with E-state index in [0.29, 0.717) is 5.75 Å². The van der Waals surface area contributed by atoms with Crippen LogP contribution in [-0.2, 0) is 11.1 Å². The topological polar surface area (TPSA) is 40.1 Å². The molecule has 9 heavy (non-hydrogen) atoms. The van der Waals surface area contributed by atoms with Crippen LogP contribution in [-0.4, -0.2) is 14.5 Å². The summed E-state index contributed by atoms with van der Waals surface area (Å²) in [6.07, 6.45) is 2.91. The molecule has 0 saturated heterocycles. The standard InChI is InChI=1S/C5H12O2S.Na/c1-2-3-4-5-8(6)7;/h2-5H2,1H3,(H,6,7);/q;+1/p-1. The van der Waals surface area contributed by atoms with Gasteiger partial charge in [-0.2, -0.15) is 0 Å². The molecule has 0 radical (unpaired) electrons. The molecule has 0 rings (SSSR count). The van der Waals surface area contributed by atoms with Crippen molar-refractivity contribution in [2.24, 2.45) is 0 Å². The number of hydrogen-bond donors (Lipinski definition) is 0. The maximum Gasteiger partial charge on any atom is 1.00 e. The van der Waals surface area contributed by atoms with Crippen LogP contribution in [0.25, 0.3) is 0 Å². The van der Waals surface area contributed by atoms with Gasteiger partial charge in [-0.25, -0.2) is 0 Å². The van der Waals surface area contributed by atoms with Gasteiger partial charge in [0.2, 0.25) is 0 Å². The molecule has 1 unspecified atom stereocenters. The van der Waals surface area contributed by atoms with Crippen molar-refractivity contribution in [2.45, 2.75) is 26.2 Å². The van der Waals surface area contributed by atoms with E-state index in [1.54, 1.807) is 0 Å². The zero-order chi connectivity index (χ0) is 6.41. The van der Waals surface area contributed by atoms with Crippen molar-refractivity contribution < 1.29 is 38.3 Å². The first-order valence-electron chi connectivity index (χ1n) is 2.83. The number of unbranched alkanes of at least 4 members (excludes halogenated alkanes) is 2. The van der Waals surface area contributed by atoms with E-state index in [1.165, 1.54) is 0 Å². The summed E-state index contributed by atoms with van der Waals surface area (Å²) in [4.78, 5) is 0. The van der Waals surface area contributed by atoms with E-state index in [4.69, 9.17) is 0 Å². The van der Waals surface area contributed by atoms with Gasteiger partial charge in [0.25, 0.3) is 0 Å². The van der Waals surface area contributed by atoms with Crippen LogP contribution in [0.1, 0.15) is 26.2 Å². The van der Waals surface area contributed by atoms with Gasteiger partial charge in [0.15, 0.2) is 0 Å². The quantitative estimate of drug-likeness (QED) is 0.271. The molecule has 4 heteroatoms. The second kappa shape index (κ2) is 9.11. The fourth-order valence-corrected chi connectivity index (χ4v) is 0.910. The average molecular weight is 158 g/mol. The third-order valence-corrected chi connectivity index (χ3v) is 1.54. The first-order chi connectivity index (χ1) is 3.77. The molecular weight excluding hydrogens is 147 g/mol. The molecule has 2 nitrogen and oxygen atoms in total. The summed E-state index contributed by atoms with van der Waals surface area (Å²) in [6.45, 7) is 2.05. The molecule has 0 aliphatic heterocycles. The molecule has 50 valence electrons. The van der Waals surface area contributed by atoms with Crippen LogP contribution >= 0.6 is 0 Å². The van der Waals surface area contributed by atoms with Crippen molar-refractivity contribution in [2.75, 3.05) is 5.75 Å². The second-order valence-electron chi connectivity index (χ2n) is 1.71. The number of hydrogen-bond acceptors (Lipinski definition) is 2. The van der Waals surface area contributed by atoms with Crippen LogP contribution < -0.4 is 29.6 Å². The predicted octanol–water partition coefficient (Wildman–Crippen LogP) is -1.94. The van der Waals surface area contributed by atoms with Crippen LogP contribution in [0.4, 0.5) is 0 Å². The van der Waals surface area contributed by atoms with E-state index in [1.807, 2.05) is 6.92 Å².